The van der Waals surface area contributed by atoms with Crippen molar-refractivity contribution in [3.8, 4) is 16.8 Å². The van der Waals surface area contributed by atoms with E-state index in [9.17, 15) is 0 Å². The molecule has 0 spiro atoms. The van der Waals surface area contributed by atoms with Crippen LogP contribution in [0.5, 0.6) is 0 Å². The first-order valence-electron chi connectivity index (χ1n) is 22.1. The van der Waals surface area contributed by atoms with E-state index in [1.54, 1.807) is 0 Å². The molecular formula is C60H45N3. The minimum atomic E-state index is 0.158. The molecule has 2 unspecified atom stereocenters. The number of hydrogen-bond acceptors (Lipinski definition) is 2. The maximum atomic E-state index is 2.51. The van der Waals surface area contributed by atoms with Gasteiger partial charge in [-0.15, -0.1) is 0 Å². The molecule has 0 amide bonds. The highest BCUT2D eigenvalue weighted by Gasteiger charge is 2.35. The van der Waals surface area contributed by atoms with Gasteiger partial charge in [-0.1, -0.05) is 158 Å². The predicted octanol–water partition coefficient (Wildman–Crippen LogP) is 15.4. The van der Waals surface area contributed by atoms with Gasteiger partial charge in [-0.25, -0.2) is 0 Å². The molecule has 300 valence electrons. The fourth-order valence-corrected chi connectivity index (χ4v) is 10.2. The Balaban J connectivity index is 0.876. The third-order valence-corrected chi connectivity index (χ3v) is 13.2. The number of aromatic nitrogens is 1. The highest BCUT2D eigenvalue weighted by molar-refractivity contribution is 6.10. The van der Waals surface area contributed by atoms with Gasteiger partial charge in [0.05, 0.1) is 23.1 Å². The summed E-state index contributed by atoms with van der Waals surface area (Å²) in [4.78, 5) is 5.02. The van der Waals surface area contributed by atoms with Crippen molar-refractivity contribution in [1.82, 2.24) is 4.57 Å². The number of para-hydroxylation sites is 4. The molecule has 2 heterocycles. The molecule has 9 aromatic rings. The average molecular weight is 808 g/mol. The van der Waals surface area contributed by atoms with Gasteiger partial charge in [0.15, 0.2) is 0 Å². The molecule has 3 aliphatic rings. The van der Waals surface area contributed by atoms with Crippen molar-refractivity contribution in [3.63, 3.8) is 0 Å². The summed E-state index contributed by atoms with van der Waals surface area (Å²) in [7, 11) is 0. The Labute approximate surface area is 369 Å². The number of nitrogens with zero attached hydrogens (tertiary/aromatic N) is 3. The van der Waals surface area contributed by atoms with Gasteiger partial charge in [0.1, 0.15) is 0 Å². The Morgan fingerprint density at radius 1 is 0.444 bits per heavy atom. The number of anilines is 4. The predicted molar refractivity (Wildman–Crippen MR) is 266 cm³/mol. The summed E-state index contributed by atoms with van der Waals surface area (Å²) in [5.74, 6) is 0. The standard InChI is InChI=1S/C60H45N3/c1-4-14-42(15-5-1)43-24-32-50(33-25-43)61(51-34-26-44(27-35-51)46-30-38-59-55(40-46)53-20-10-12-22-57(53)62(59)48-16-6-2-7-17-48)52-36-28-45(29-37-52)47-31-39-60-56(41-47)54-21-11-13-23-58(54)63(60)49-18-8-3-9-19-49/h1-32,34-38,40-41,50,60H,33,39H2. The molecule has 0 bridgehead atoms. The van der Waals surface area contributed by atoms with E-state index in [1.165, 1.54) is 94.8 Å². The van der Waals surface area contributed by atoms with Gasteiger partial charge < -0.3 is 14.4 Å². The summed E-state index contributed by atoms with van der Waals surface area (Å²) in [6.07, 6.45) is 13.8. The second kappa shape index (κ2) is 15.5. The van der Waals surface area contributed by atoms with Crippen LogP contribution in [0.1, 0.15) is 29.5 Å². The SMILES string of the molecule is C1=CC(N(c2ccc(C3=CCC4C(=C3)c3ccccc3N4c3ccccc3)cc2)c2ccc(-c3ccc4c(c3)c3ccccc3n4-c3ccccc3)cc2)CC=C1c1ccccc1. The number of fused-ring (bicyclic) bond motifs is 6. The normalized spacial score (nSPS) is 16.6. The molecule has 63 heavy (non-hydrogen) atoms. The average Bonchev–Trinajstić information content (AvgIpc) is 3.88. The molecule has 0 saturated carbocycles. The van der Waals surface area contributed by atoms with E-state index in [-0.39, 0.29) is 12.1 Å². The topological polar surface area (TPSA) is 11.4 Å². The zero-order valence-corrected chi connectivity index (χ0v) is 34.9. The quantitative estimate of drug-likeness (QED) is 0.151. The first-order chi connectivity index (χ1) is 31.2. The summed E-state index contributed by atoms with van der Waals surface area (Å²) in [5.41, 5.74) is 18.7. The Hall–Kier alpha value is -7.88. The van der Waals surface area contributed by atoms with Gasteiger partial charge in [-0.3, -0.25) is 0 Å². The molecule has 2 aliphatic carbocycles. The first-order valence-corrected chi connectivity index (χ1v) is 22.1. The van der Waals surface area contributed by atoms with Crippen LogP contribution < -0.4 is 9.80 Å². The maximum Gasteiger partial charge on any atom is 0.0633 e. The van der Waals surface area contributed by atoms with Crippen molar-refractivity contribution < 1.29 is 0 Å². The van der Waals surface area contributed by atoms with Crippen LogP contribution in [0.2, 0.25) is 0 Å². The third-order valence-electron chi connectivity index (χ3n) is 13.2. The van der Waals surface area contributed by atoms with Crippen molar-refractivity contribution in [2.24, 2.45) is 0 Å². The number of rotatable bonds is 8. The molecule has 0 fully saturated rings. The van der Waals surface area contributed by atoms with E-state index < -0.39 is 0 Å². The third kappa shape index (κ3) is 6.52. The monoisotopic (exact) mass is 807 g/mol. The number of allylic oxidation sites excluding steroid dienone is 4. The molecule has 3 heteroatoms. The molecule has 0 radical (unpaired) electrons. The lowest BCUT2D eigenvalue weighted by atomic mass is 9.89. The lowest BCUT2D eigenvalue weighted by Gasteiger charge is -2.33. The molecular weight excluding hydrogens is 763 g/mol. The largest absolute Gasteiger partial charge is 0.334 e. The second-order valence-corrected chi connectivity index (χ2v) is 16.8. The molecule has 0 N–H and O–H groups in total. The second-order valence-electron chi connectivity index (χ2n) is 16.8. The number of hydrogen-bond donors (Lipinski definition) is 0. The Morgan fingerprint density at radius 3 is 1.76 bits per heavy atom. The molecule has 2 atom stereocenters. The van der Waals surface area contributed by atoms with Gasteiger partial charge in [-0.2, -0.15) is 0 Å². The molecule has 8 aromatic carbocycles. The highest BCUT2D eigenvalue weighted by atomic mass is 15.2. The lowest BCUT2D eigenvalue weighted by Crippen LogP contribution is -2.30. The Morgan fingerprint density at radius 2 is 1.03 bits per heavy atom. The summed E-state index contributed by atoms with van der Waals surface area (Å²) >= 11 is 0. The van der Waals surface area contributed by atoms with Crippen LogP contribution in [0.25, 0.3) is 55.3 Å². The van der Waals surface area contributed by atoms with Crippen LogP contribution in [-0.4, -0.2) is 16.7 Å². The molecule has 1 aliphatic heterocycles. The van der Waals surface area contributed by atoms with Crippen molar-refractivity contribution in [2.45, 2.75) is 24.9 Å². The smallest absolute Gasteiger partial charge is 0.0633 e. The van der Waals surface area contributed by atoms with Crippen LogP contribution in [0.15, 0.2) is 237 Å². The Kier molecular flexibility index (Phi) is 9.11. The summed E-state index contributed by atoms with van der Waals surface area (Å²) < 4.78 is 2.38. The van der Waals surface area contributed by atoms with Crippen molar-refractivity contribution >= 4 is 61.3 Å². The lowest BCUT2D eigenvalue weighted by molar-refractivity contribution is 0.787. The summed E-state index contributed by atoms with van der Waals surface area (Å²) in [6, 6.07) is 75.6. The fraction of sp³-hybridized carbons (Fsp3) is 0.0667. The Bertz CT molecular complexity index is 3260. The molecule has 1 aromatic heterocycles. The van der Waals surface area contributed by atoms with Crippen LogP contribution >= 0.6 is 0 Å². The van der Waals surface area contributed by atoms with Gasteiger partial charge >= 0.3 is 0 Å². The fourth-order valence-electron chi connectivity index (χ4n) is 10.2. The summed E-state index contributed by atoms with van der Waals surface area (Å²) in [6.45, 7) is 0. The van der Waals surface area contributed by atoms with Gasteiger partial charge in [0.2, 0.25) is 0 Å². The van der Waals surface area contributed by atoms with E-state index in [0.29, 0.717) is 0 Å². The maximum absolute atomic E-state index is 2.51. The van der Waals surface area contributed by atoms with Crippen LogP contribution in [0, 0.1) is 0 Å². The summed E-state index contributed by atoms with van der Waals surface area (Å²) in [5, 5.41) is 2.52. The van der Waals surface area contributed by atoms with E-state index >= 15 is 0 Å². The molecule has 0 saturated heterocycles. The van der Waals surface area contributed by atoms with Crippen LogP contribution in [0.3, 0.4) is 0 Å². The minimum absolute atomic E-state index is 0.158. The van der Waals surface area contributed by atoms with E-state index in [2.05, 4.69) is 251 Å². The highest BCUT2D eigenvalue weighted by Crippen LogP contribution is 2.49. The molecule has 3 nitrogen and oxygen atoms in total. The van der Waals surface area contributed by atoms with Crippen LogP contribution in [0.4, 0.5) is 22.7 Å². The van der Waals surface area contributed by atoms with Crippen molar-refractivity contribution in [3.05, 3.63) is 253 Å². The van der Waals surface area contributed by atoms with Crippen LogP contribution in [-0.2, 0) is 0 Å². The first kappa shape index (κ1) is 36.9. The number of benzene rings is 8. The minimum Gasteiger partial charge on any atom is -0.334 e. The van der Waals surface area contributed by atoms with Gasteiger partial charge in [-0.05, 0) is 131 Å². The van der Waals surface area contributed by atoms with Gasteiger partial charge in [0, 0.05) is 44.8 Å². The van der Waals surface area contributed by atoms with E-state index in [0.717, 1.165) is 12.8 Å². The van der Waals surface area contributed by atoms with E-state index in [4.69, 9.17) is 0 Å². The van der Waals surface area contributed by atoms with Gasteiger partial charge in [0.25, 0.3) is 0 Å². The zero-order chi connectivity index (χ0) is 41.7. The molecule has 12 rings (SSSR count). The van der Waals surface area contributed by atoms with Crippen molar-refractivity contribution in [2.75, 3.05) is 9.80 Å². The van der Waals surface area contributed by atoms with Crippen molar-refractivity contribution in [1.29, 1.82) is 0 Å². The zero-order valence-electron chi connectivity index (χ0n) is 34.9. The van der Waals surface area contributed by atoms with E-state index in [1.807, 2.05) is 0 Å².